The predicted octanol–water partition coefficient (Wildman–Crippen LogP) is 1.42. The third kappa shape index (κ3) is 2.36. The highest BCUT2D eigenvalue weighted by atomic mass is 35.5. The van der Waals surface area contributed by atoms with E-state index in [9.17, 15) is 5.11 Å². The average Bonchev–Trinajstić information content (AvgIpc) is 2.50. The van der Waals surface area contributed by atoms with Crippen molar-refractivity contribution in [2.45, 2.75) is 12.5 Å². The Bertz CT molecular complexity index is 430. The van der Waals surface area contributed by atoms with Crippen LogP contribution < -0.4 is 5.32 Å². The summed E-state index contributed by atoms with van der Waals surface area (Å²) in [6.07, 6.45) is 8.17. The van der Waals surface area contributed by atoms with Gasteiger partial charge in [0.15, 0.2) is 0 Å². The Labute approximate surface area is 111 Å². The van der Waals surface area contributed by atoms with Crippen LogP contribution in [-0.4, -0.2) is 34.5 Å². The average molecular weight is 272 g/mol. The van der Waals surface area contributed by atoms with Crippen LogP contribution in [0.15, 0.2) is 40.0 Å². The number of hydrogen-bond acceptors (Lipinski definition) is 5. The molecule has 6 heteroatoms. The molecule has 0 bridgehead atoms. The van der Waals surface area contributed by atoms with Gasteiger partial charge in [-0.05, 0) is 12.5 Å². The van der Waals surface area contributed by atoms with Crippen LogP contribution in [0.25, 0.3) is 0 Å². The molecule has 0 spiro atoms. The number of halogens is 1. The zero-order valence-electron chi connectivity index (χ0n) is 9.17. The number of allylic oxidation sites excluding steroid dienone is 1. The molecule has 2 aliphatic heterocycles. The van der Waals surface area contributed by atoms with Crippen LogP contribution in [0.5, 0.6) is 0 Å². The van der Waals surface area contributed by atoms with Gasteiger partial charge in [0.05, 0.1) is 17.7 Å². The molecule has 0 saturated heterocycles. The molecule has 3 aliphatic rings. The molecule has 92 valence electrons. The number of aliphatic imine (C=N–C) groups is 1. The maximum absolute atomic E-state index is 9.94. The van der Waals surface area contributed by atoms with E-state index in [1.54, 1.807) is 18.0 Å². The van der Waals surface area contributed by atoms with Crippen LogP contribution in [0.1, 0.15) is 6.42 Å². The Morgan fingerprint density at radius 1 is 1.47 bits per heavy atom. The molecule has 0 aromatic heterocycles. The van der Waals surface area contributed by atoms with Gasteiger partial charge in [0, 0.05) is 17.6 Å². The van der Waals surface area contributed by atoms with Crippen LogP contribution in [0.2, 0.25) is 0 Å². The molecule has 17 heavy (non-hydrogen) atoms. The molecule has 2 N–H and O–H groups in total. The van der Waals surface area contributed by atoms with Crippen molar-refractivity contribution in [1.29, 1.82) is 0 Å². The lowest BCUT2D eigenvalue weighted by molar-refractivity contribution is 0.207. The Morgan fingerprint density at radius 3 is 3.24 bits per heavy atom. The van der Waals surface area contributed by atoms with Gasteiger partial charge in [-0.1, -0.05) is 12.2 Å². The molecule has 0 fully saturated rings. The summed E-state index contributed by atoms with van der Waals surface area (Å²) in [7, 11) is 0. The Hall–Kier alpha value is -0.910. The van der Waals surface area contributed by atoms with E-state index >= 15 is 0 Å². The van der Waals surface area contributed by atoms with Crippen LogP contribution >= 0.6 is 24.2 Å². The minimum atomic E-state index is -0.430. The number of rotatable bonds is 0. The monoisotopic (exact) mass is 271 g/mol. The Morgan fingerprint density at radius 2 is 2.35 bits per heavy atom. The number of thioether (sulfide) groups is 1. The first-order valence-corrected chi connectivity index (χ1v) is 6.29. The summed E-state index contributed by atoms with van der Waals surface area (Å²) >= 11 is 1.74. The summed E-state index contributed by atoms with van der Waals surface area (Å²) in [5.41, 5.74) is 0.893. The standard InChI is InChI=1S/C11H13N3OS.ClH/c15-8-3-1-4-9-10(8)13-11-12-5-2-6-14(11)7-16-9;/h1-2,4-5,8,15H,3,6-7H2,(H,12,13);1H/t8-;/m1./s1. The van der Waals surface area contributed by atoms with Gasteiger partial charge in [-0.15, -0.1) is 24.2 Å². The van der Waals surface area contributed by atoms with Crippen molar-refractivity contribution in [2.75, 3.05) is 12.4 Å². The smallest absolute Gasteiger partial charge is 0.203 e. The largest absolute Gasteiger partial charge is 0.387 e. The van der Waals surface area contributed by atoms with E-state index in [4.69, 9.17) is 0 Å². The van der Waals surface area contributed by atoms with Crippen molar-refractivity contribution >= 4 is 30.1 Å². The zero-order chi connectivity index (χ0) is 11.0. The summed E-state index contributed by atoms with van der Waals surface area (Å²) < 4.78 is 0. The summed E-state index contributed by atoms with van der Waals surface area (Å²) in [5.74, 6) is 1.71. The Kier molecular flexibility index (Phi) is 3.81. The predicted molar refractivity (Wildman–Crippen MR) is 72.9 cm³/mol. The molecule has 0 aromatic carbocycles. The summed E-state index contributed by atoms with van der Waals surface area (Å²) in [4.78, 5) is 7.58. The second-order valence-electron chi connectivity index (χ2n) is 3.89. The van der Waals surface area contributed by atoms with Crippen molar-refractivity contribution in [1.82, 2.24) is 10.2 Å². The molecule has 0 amide bonds. The van der Waals surface area contributed by atoms with Crippen LogP contribution in [0.4, 0.5) is 0 Å². The van der Waals surface area contributed by atoms with Crippen LogP contribution in [-0.2, 0) is 0 Å². The summed E-state index contributed by atoms with van der Waals surface area (Å²) in [6, 6.07) is 0. The van der Waals surface area contributed by atoms with Gasteiger partial charge in [0.1, 0.15) is 0 Å². The van der Waals surface area contributed by atoms with E-state index in [0.717, 1.165) is 29.0 Å². The summed E-state index contributed by atoms with van der Waals surface area (Å²) in [6.45, 7) is 0.874. The highest BCUT2D eigenvalue weighted by Crippen LogP contribution is 2.30. The van der Waals surface area contributed by atoms with E-state index in [-0.39, 0.29) is 12.4 Å². The molecule has 1 aliphatic carbocycles. The third-order valence-corrected chi connectivity index (χ3v) is 3.88. The van der Waals surface area contributed by atoms with Crippen LogP contribution in [0.3, 0.4) is 0 Å². The van der Waals surface area contributed by atoms with Crippen molar-refractivity contribution in [3.8, 4) is 0 Å². The lowest BCUT2D eigenvalue weighted by atomic mass is 10.1. The van der Waals surface area contributed by atoms with Gasteiger partial charge < -0.3 is 15.3 Å². The van der Waals surface area contributed by atoms with Crippen molar-refractivity contribution in [2.24, 2.45) is 4.99 Å². The number of nitrogens with zero attached hydrogens (tertiary/aromatic N) is 2. The topological polar surface area (TPSA) is 47.9 Å². The van der Waals surface area contributed by atoms with E-state index in [1.807, 2.05) is 12.2 Å². The first-order chi connectivity index (χ1) is 7.84. The molecule has 4 nitrogen and oxygen atoms in total. The maximum Gasteiger partial charge on any atom is 0.203 e. The number of fused-ring (bicyclic) bond motifs is 1. The van der Waals surface area contributed by atoms with Gasteiger partial charge in [-0.25, -0.2) is 4.99 Å². The SMILES string of the molecule is Cl.O[C@@H]1CC=CC2=C1NC1=NC=CCN1CS2. The second kappa shape index (κ2) is 5.16. The number of aliphatic hydroxyl groups is 1. The first-order valence-electron chi connectivity index (χ1n) is 5.31. The summed E-state index contributed by atoms with van der Waals surface area (Å²) in [5, 5.41) is 13.2. The molecule has 1 atom stereocenters. The van der Waals surface area contributed by atoms with Gasteiger partial charge >= 0.3 is 0 Å². The van der Waals surface area contributed by atoms with Gasteiger partial charge in [-0.2, -0.15) is 0 Å². The molecule has 0 unspecified atom stereocenters. The second-order valence-corrected chi connectivity index (χ2v) is 4.88. The van der Waals surface area contributed by atoms with Crippen molar-refractivity contribution < 1.29 is 5.11 Å². The van der Waals surface area contributed by atoms with E-state index in [2.05, 4.69) is 21.3 Å². The molecule has 0 radical (unpaired) electrons. The number of hydrogen-bond donors (Lipinski definition) is 2. The highest BCUT2D eigenvalue weighted by molar-refractivity contribution is 8.03. The molecule has 3 rings (SSSR count). The first kappa shape index (κ1) is 12.5. The maximum atomic E-state index is 9.94. The van der Waals surface area contributed by atoms with Gasteiger partial charge in [0.25, 0.3) is 0 Å². The van der Waals surface area contributed by atoms with E-state index in [0.29, 0.717) is 6.42 Å². The molecule has 2 heterocycles. The van der Waals surface area contributed by atoms with E-state index in [1.165, 1.54) is 0 Å². The van der Waals surface area contributed by atoms with E-state index < -0.39 is 6.10 Å². The minimum Gasteiger partial charge on any atom is -0.387 e. The molecular weight excluding hydrogens is 258 g/mol. The highest BCUT2D eigenvalue weighted by Gasteiger charge is 2.25. The lowest BCUT2D eigenvalue weighted by Gasteiger charge is -2.25. The van der Waals surface area contributed by atoms with Crippen molar-refractivity contribution in [3.05, 3.63) is 35.0 Å². The molecule has 0 saturated carbocycles. The normalized spacial score (nSPS) is 26.3. The lowest BCUT2D eigenvalue weighted by Crippen LogP contribution is -2.42. The molecule has 0 aromatic rings. The number of nitrogens with one attached hydrogen (secondary N) is 1. The third-order valence-electron chi connectivity index (χ3n) is 2.78. The number of guanidine groups is 1. The zero-order valence-corrected chi connectivity index (χ0v) is 10.8. The van der Waals surface area contributed by atoms with Gasteiger partial charge in [0.2, 0.25) is 5.96 Å². The van der Waals surface area contributed by atoms with Crippen molar-refractivity contribution in [3.63, 3.8) is 0 Å². The fraction of sp³-hybridized carbons (Fsp3) is 0.364. The quantitative estimate of drug-likeness (QED) is 0.700. The fourth-order valence-corrected chi connectivity index (χ4v) is 2.96. The van der Waals surface area contributed by atoms with Gasteiger partial charge in [-0.3, -0.25) is 0 Å². The Balaban J connectivity index is 0.00000108. The van der Waals surface area contributed by atoms with Crippen LogP contribution in [0, 0.1) is 0 Å². The molecular formula is C11H14ClN3OS. The minimum absolute atomic E-state index is 0. The number of aliphatic hydroxyl groups excluding tert-OH is 1. The fourth-order valence-electron chi connectivity index (χ4n) is 1.91.